The lowest BCUT2D eigenvalue weighted by atomic mass is 9.97. The Bertz CT molecular complexity index is 472. The normalized spacial score (nSPS) is 12.5. The highest BCUT2D eigenvalue weighted by Gasteiger charge is 2.26. The Morgan fingerprint density at radius 2 is 1.81 bits per heavy atom. The van der Waals surface area contributed by atoms with Gasteiger partial charge in [-0.2, -0.15) is 0 Å². The Kier molecular flexibility index (Phi) is 6.17. The predicted molar refractivity (Wildman–Crippen MR) is 80.4 cm³/mol. The minimum absolute atomic E-state index is 0.128. The minimum Gasteiger partial charge on any atom is -0.388 e. The third-order valence-electron chi connectivity index (χ3n) is 3.59. The van der Waals surface area contributed by atoms with Crippen molar-refractivity contribution in [2.75, 3.05) is 6.54 Å². The molecule has 0 fully saturated rings. The first-order valence-corrected chi connectivity index (χ1v) is 7.03. The molecule has 0 aliphatic carbocycles. The number of hydrogen-bond acceptors (Lipinski definition) is 3. The van der Waals surface area contributed by atoms with E-state index in [1.165, 1.54) is 0 Å². The molecule has 0 aliphatic rings. The second-order valence-electron chi connectivity index (χ2n) is 5.00. The van der Waals surface area contributed by atoms with E-state index in [0.29, 0.717) is 18.4 Å². The standard InChI is InChI=1S/C15H23N3O3/c1-3-15(21,4-2)10-17-13(19)12(18-14(16)20)11-8-6-5-7-9-11/h5-9,12,21H,3-4,10H2,1-2H3,(H,17,19)(H3,16,18,20). The highest BCUT2D eigenvalue weighted by molar-refractivity contribution is 5.87. The molecule has 0 saturated heterocycles. The van der Waals surface area contributed by atoms with Crippen LogP contribution in [0, 0.1) is 0 Å². The molecular formula is C15H23N3O3. The van der Waals surface area contributed by atoms with E-state index in [4.69, 9.17) is 5.73 Å². The summed E-state index contributed by atoms with van der Waals surface area (Å²) >= 11 is 0. The molecule has 1 rings (SSSR count). The summed E-state index contributed by atoms with van der Waals surface area (Å²) in [6.45, 7) is 3.83. The number of benzene rings is 1. The molecule has 1 unspecified atom stereocenters. The van der Waals surface area contributed by atoms with Crippen molar-refractivity contribution in [3.05, 3.63) is 35.9 Å². The first-order valence-electron chi connectivity index (χ1n) is 7.03. The first kappa shape index (κ1) is 17.0. The van der Waals surface area contributed by atoms with E-state index in [2.05, 4.69) is 10.6 Å². The minimum atomic E-state index is -0.941. The second-order valence-corrected chi connectivity index (χ2v) is 5.00. The van der Waals surface area contributed by atoms with Crippen molar-refractivity contribution >= 4 is 11.9 Å². The van der Waals surface area contributed by atoms with Gasteiger partial charge in [0.05, 0.1) is 5.60 Å². The van der Waals surface area contributed by atoms with Gasteiger partial charge in [0.1, 0.15) is 6.04 Å². The number of primary amides is 1. The van der Waals surface area contributed by atoms with Gasteiger partial charge in [-0.15, -0.1) is 0 Å². The summed E-state index contributed by atoms with van der Waals surface area (Å²) in [7, 11) is 0. The van der Waals surface area contributed by atoms with Gasteiger partial charge in [0.15, 0.2) is 0 Å². The molecule has 0 spiro atoms. The van der Waals surface area contributed by atoms with Gasteiger partial charge in [-0.25, -0.2) is 4.79 Å². The van der Waals surface area contributed by atoms with Crippen LogP contribution in [0.5, 0.6) is 0 Å². The van der Waals surface area contributed by atoms with E-state index in [0.717, 1.165) is 0 Å². The fourth-order valence-electron chi connectivity index (χ4n) is 1.94. The molecule has 6 nitrogen and oxygen atoms in total. The number of aliphatic hydroxyl groups is 1. The smallest absolute Gasteiger partial charge is 0.313 e. The fraction of sp³-hybridized carbons (Fsp3) is 0.467. The monoisotopic (exact) mass is 293 g/mol. The van der Waals surface area contributed by atoms with Crippen LogP contribution in [0.15, 0.2) is 30.3 Å². The van der Waals surface area contributed by atoms with Crippen molar-refractivity contribution < 1.29 is 14.7 Å². The molecular weight excluding hydrogens is 270 g/mol. The van der Waals surface area contributed by atoms with Gasteiger partial charge < -0.3 is 21.5 Å². The van der Waals surface area contributed by atoms with Crippen molar-refractivity contribution in [3.63, 3.8) is 0 Å². The van der Waals surface area contributed by atoms with Crippen LogP contribution >= 0.6 is 0 Å². The fourth-order valence-corrected chi connectivity index (χ4v) is 1.94. The highest BCUT2D eigenvalue weighted by Crippen LogP contribution is 2.15. The van der Waals surface area contributed by atoms with Gasteiger partial charge in [-0.1, -0.05) is 44.2 Å². The molecule has 0 aromatic heterocycles. The zero-order chi connectivity index (χ0) is 15.9. The average Bonchev–Trinajstić information content (AvgIpc) is 2.50. The molecule has 5 N–H and O–H groups in total. The predicted octanol–water partition coefficient (Wildman–Crippen LogP) is 1.06. The zero-order valence-electron chi connectivity index (χ0n) is 12.4. The molecule has 116 valence electrons. The van der Waals surface area contributed by atoms with Crippen LogP contribution in [0.4, 0.5) is 4.79 Å². The molecule has 3 amide bonds. The summed E-state index contributed by atoms with van der Waals surface area (Å²) < 4.78 is 0. The van der Waals surface area contributed by atoms with E-state index >= 15 is 0 Å². The Morgan fingerprint density at radius 3 is 2.29 bits per heavy atom. The molecule has 1 aromatic carbocycles. The summed E-state index contributed by atoms with van der Waals surface area (Å²) in [5.74, 6) is -0.402. The van der Waals surface area contributed by atoms with Crippen molar-refractivity contribution in [2.24, 2.45) is 5.73 Å². The van der Waals surface area contributed by atoms with Gasteiger partial charge in [-0.3, -0.25) is 4.79 Å². The lowest BCUT2D eigenvalue weighted by molar-refractivity contribution is -0.124. The van der Waals surface area contributed by atoms with Crippen LogP contribution in [-0.2, 0) is 4.79 Å². The van der Waals surface area contributed by atoms with Crippen molar-refractivity contribution in [3.8, 4) is 0 Å². The van der Waals surface area contributed by atoms with Gasteiger partial charge in [-0.05, 0) is 18.4 Å². The lowest BCUT2D eigenvalue weighted by Crippen LogP contribution is -2.47. The molecule has 21 heavy (non-hydrogen) atoms. The molecule has 6 heteroatoms. The topological polar surface area (TPSA) is 104 Å². The summed E-state index contributed by atoms with van der Waals surface area (Å²) in [5, 5.41) is 15.3. The Morgan fingerprint density at radius 1 is 1.24 bits per heavy atom. The Balaban J connectivity index is 2.80. The van der Waals surface area contributed by atoms with Crippen LogP contribution in [-0.4, -0.2) is 29.2 Å². The van der Waals surface area contributed by atoms with E-state index < -0.39 is 23.6 Å². The average molecular weight is 293 g/mol. The van der Waals surface area contributed by atoms with Crippen molar-refractivity contribution in [1.82, 2.24) is 10.6 Å². The van der Waals surface area contributed by atoms with Gasteiger partial charge in [0.25, 0.3) is 0 Å². The second kappa shape index (κ2) is 7.64. The number of carbonyl (C=O) groups is 2. The number of rotatable bonds is 7. The maximum Gasteiger partial charge on any atom is 0.313 e. The molecule has 0 bridgehead atoms. The summed E-state index contributed by atoms with van der Waals surface area (Å²) in [5.41, 5.74) is 4.81. The number of nitrogens with one attached hydrogen (secondary N) is 2. The third kappa shape index (κ3) is 5.07. The van der Waals surface area contributed by atoms with Crippen molar-refractivity contribution in [2.45, 2.75) is 38.3 Å². The number of carbonyl (C=O) groups excluding carboxylic acids is 2. The summed E-state index contributed by atoms with van der Waals surface area (Å²) in [4.78, 5) is 23.3. The van der Waals surface area contributed by atoms with Crippen molar-refractivity contribution in [1.29, 1.82) is 0 Å². The Hall–Kier alpha value is -2.08. The van der Waals surface area contributed by atoms with Crippen LogP contribution in [0.1, 0.15) is 38.3 Å². The maximum atomic E-state index is 12.3. The molecule has 0 saturated carbocycles. The zero-order valence-corrected chi connectivity index (χ0v) is 12.4. The van der Waals surface area contributed by atoms with E-state index in [1.54, 1.807) is 24.3 Å². The maximum absolute atomic E-state index is 12.3. The van der Waals surface area contributed by atoms with Gasteiger partial charge in [0, 0.05) is 6.54 Å². The molecule has 0 heterocycles. The first-order chi connectivity index (χ1) is 9.91. The molecule has 0 aliphatic heterocycles. The largest absolute Gasteiger partial charge is 0.388 e. The SMILES string of the molecule is CCC(O)(CC)CNC(=O)C(NC(N)=O)c1ccccc1. The summed E-state index contributed by atoms with van der Waals surface area (Å²) in [6.07, 6.45) is 1.06. The van der Waals surface area contributed by atoms with Crippen LogP contribution < -0.4 is 16.4 Å². The van der Waals surface area contributed by atoms with Gasteiger partial charge >= 0.3 is 6.03 Å². The van der Waals surface area contributed by atoms with Gasteiger partial charge in [0.2, 0.25) is 5.91 Å². The number of urea groups is 1. The number of nitrogens with two attached hydrogens (primary N) is 1. The highest BCUT2D eigenvalue weighted by atomic mass is 16.3. The van der Waals surface area contributed by atoms with E-state index in [1.807, 2.05) is 19.9 Å². The molecule has 1 aromatic rings. The van der Waals surface area contributed by atoms with E-state index in [9.17, 15) is 14.7 Å². The third-order valence-corrected chi connectivity index (χ3v) is 3.59. The molecule has 1 atom stereocenters. The number of hydrogen-bond donors (Lipinski definition) is 4. The quantitative estimate of drug-likeness (QED) is 0.604. The Labute approximate surface area is 124 Å². The van der Waals surface area contributed by atoms with E-state index in [-0.39, 0.29) is 6.54 Å². The summed E-state index contributed by atoms with van der Waals surface area (Å²) in [6, 6.07) is 7.16. The van der Waals surface area contributed by atoms with Crippen LogP contribution in [0.3, 0.4) is 0 Å². The van der Waals surface area contributed by atoms with Crippen LogP contribution in [0.2, 0.25) is 0 Å². The number of amides is 3. The molecule has 0 radical (unpaired) electrons. The lowest BCUT2D eigenvalue weighted by Gasteiger charge is -2.27. The van der Waals surface area contributed by atoms with Crippen LogP contribution in [0.25, 0.3) is 0 Å².